The highest BCUT2D eigenvalue weighted by molar-refractivity contribution is 5.85. The van der Waals surface area contributed by atoms with Crippen molar-refractivity contribution < 1.29 is 4.74 Å². The second-order valence-corrected chi connectivity index (χ2v) is 3.53. The Kier molecular flexibility index (Phi) is 4.37. The van der Waals surface area contributed by atoms with Crippen LogP contribution in [-0.4, -0.2) is 18.2 Å². The van der Waals surface area contributed by atoms with E-state index in [4.69, 9.17) is 10.5 Å². The van der Waals surface area contributed by atoms with Crippen LogP contribution in [0.3, 0.4) is 0 Å². The van der Waals surface area contributed by atoms with Gasteiger partial charge in [0.05, 0.1) is 6.10 Å². The van der Waals surface area contributed by atoms with Crippen molar-refractivity contribution in [1.82, 2.24) is 0 Å². The van der Waals surface area contributed by atoms with Crippen molar-refractivity contribution in [3.8, 4) is 0 Å². The van der Waals surface area contributed by atoms with Gasteiger partial charge in [-0.25, -0.2) is 0 Å². The molecule has 0 aromatic rings. The van der Waals surface area contributed by atoms with Crippen molar-refractivity contribution in [3.63, 3.8) is 0 Å². The van der Waals surface area contributed by atoms with E-state index in [0.29, 0.717) is 6.10 Å². The lowest BCUT2D eigenvalue weighted by Gasteiger charge is -2.10. The molecule has 1 aliphatic carbocycles. The van der Waals surface area contributed by atoms with Crippen molar-refractivity contribution in [2.45, 2.75) is 44.8 Å². The van der Waals surface area contributed by atoms with Crippen LogP contribution in [0.4, 0.5) is 0 Å². The predicted octanol–water partition coefficient (Wildman–Crippen LogP) is 1.71. The molecular weight excluding hydrogens is 162 g/mol. The molecule has 0 aromatic heterocycles. The van der Waals surface area contributed by atoms with Gasteiger partial charge in [-0.3, -0.25) is 0 Å². The van der Waals surface area contributed by atoms with Crippen LogP contribution < -0.4 is 5.73 Å². The second kappa shape index (κ2) is 4.29. The molecule has 0 unspecified atom stereocenters. The van der Waals surface area contributed by atoms with Crippen molar-refractivity contribution >= 4 is 12.4 Å². The molecule has 68 valence electrons. The first-order chi connectivity index (χ1) is 4.62. The van der Waals surface area contributed by atoms with Gasteiger partial charge < -0.3 is 10.5 Å². The minimum Gasteiger partial charge on any atom is -0.379 e. The Morgan fingerprint density at radius 3 is 2.36 bits per heavy atom. The van der Waals surface area contributed by atoms with E-state index in [0.717, 1.165) is 13.0 Å². The molecule has 11 heavy (non-hydrogen) atoms. The van der Waals surface area contributed by atoms with Crippen LogP contribution in [0.5, 0.6) is 0 Å². The van der Waals surface area contributed by atoms with Crippen molar-refractivity contribution in [3.05, 3.63) is 0 Å². The van der Waals surface area contributed by atoms with E-state index in [2.05, 4.69) is 13.8 Å². The fraction of sp³-hybridized carbons (Fsp3) is 1.00. The lowest BCUT2D eigenvalue weighted by molar-refractivity contribution is 0.0723. The lowest BCUT2D eigenvalue weighted by atomic mass is 10.2. The van der Waals surface area contributed by atoms with Gasteiger partial charge in [0.25, 0.3) is 0 Å². The van der Waals surface area contributed by atoms with Crippen molar-refractivity contribution in [1.29, 1.82) is 0 Å². The highest BCUT2D eigenvalue weighted by atomic mass is 35.5. The zero-order valence-corrected chi connectivity index (χ0v) is 8.12. The van der Waals surface area contributed by atoms with Crippen LogP contribution in [0.2, 0.25) is 0 Å². The zero-order chi connectivity index (χ0) is 7.61. The second-order valence-electron chi connectivity index (χ2n) is 3.53. The zero-order valence-electron chi connectivity index (χ0n) is 7.30. The molecule has 0 aliphatic heterocycles. The van der Waals surface area contributed by atoms with Gasteiger partial charge in [-0.2, -0.15) is 0 Å². The smallest absolute Gasteiger partial charge is 0.0518 e. The number of rotatable bonds is 4. The summed E-state index contributed by atoms with van der Waals surface area (Å²) in [7, 11) is 0. The summed E-state index contributed by atoms with van der Waals surface area (Å²) in [6.07, 6.45) is 3.76. The SMILES string of the molecule is CC(C)OCCC1(N)CC1.Cl. The number of ether oxygens (including phenoxy) is 1. The third kappa shape index (κ3) is 4.62. The molecular formula is C8H18ClNO. The van der Waals surface area contributed by atoms with Gasteiger partial charge in [0.15, 0.2) is 0 Å². The quantitative estimate of drug-likeness (QED) is 0.714. The molecule has 1 fully saturated rings. The van der Waals surface area contributed by atoms with Gasteiger partial charge in [0, 0.05) is 12.1 Å². The Morgan fingerprint density at radius 2 is 2.00 bits per heavy atom. The molecule has 1 aliphatic rings. The number of halogens is 1. The van der Waals surface area contributed by atoms with E-state index in [-0.39, 0.29) is 17.9 Å². The summed E-state index contributed by atoms with van der Waals surface area (Å²) in [6, 6.07) is 0. The van der Waals surface area contributed by atoms with Gasteiger partial charge in [-0.15, -0.1) is 12.4 Å². The first-order valence-corrected chi connectivity index (χ1v) is 4.03. The molecule has 1 saturated carbocycles. The molecule has 0 heterocycles. The molecule has 2 nitrogen and oxygen atoms in total. The molecule has 0 saturated heterocycles. The Hall–Kier alpha value is 0.210. The molecule has 0 radical (unpaired) electrons. The van der Waals surface area contributed by atoms with E-state index in [1.807, 2.05) is 0 Å². The van der Waals surface area contributed by atoms with Crippen molar-refractivity contribution in [2.75, 3.05) is 6.61 Å². The van der Waals surface area contributed by atoms with Gasteiger partial charge in [-0.05, 0) is 33.1 Å². The van der Waals surface area contributed by atoms with Gasteiger partial charge >= 0.3 is 0 Å². The molecule has 0 spiro atoms. The molecule has 0 atom stereocenters. The number of hydrogen-bond acceptors (Lipinski definition) is 2. The van der Waals surface area contributed by atoms with Crippen LogP contribution >= 0.6 is 12.4 Å². The van der Waals surface area contributed by atoms with Gasteiger partial charge in [0.1, 0.15) is 0 Å². The topological polar surface area (TPSA) is 35.2 Å². The Bertz CT molecular complexity index is 113. The maximum absolute atomic E-state index is 5.85. The Labute approximate surface area is 74.9 Å². The minimum absolute atomic E-state index is 0. The summed E-state index contributed by atoms with van der Waals surface area (Å²) in [6.45, 7) is 4.93. The summed E-state index contributed by atoms with van der Waals surface area (Å²) in [5.74, 6) is 0. The standard InChI is InChI=1S/C8H17NO.ClH/c1-7(2)10-6-5-8(9)3-4-8;/h7H,3-6,9H2,1-2H3;1H. The van der Waals surface area contributed by atoms with E-state index >= 15 is 0 Å². The van der Waals surface area contributed by atoms with Crippen LogP contribution in [0.25, 0.3) is 0 Å². The third-order valence-corrected chi connectivity index (χ3v) is 1.94. The first kappa shape index (κ1) is 11.2. The van der Waals surface area contributed by atoms with E-state index < -0.39 is 0 Å². The molecule has 0 bridgehead atoms. The fourth-order valence-electron chi connectivity index (χ4n) is 0.908. The van der Waals surface area contributed by atoms with Crippen LogP contribution in [0, 0.1) is 0 Å². The van der Waals surface area contributed by atoms with E-state index in [9.17, 15) is 0 Å². The van der Waals surface area contributed by atoms with Gasteiger partial charge in [0.2, 0.25) is 0 Å². The highest BCUT2D eigenvalue weighted by Crippen LogP contribution is 2.35. The first-order valence-electron chi connectivity index (χ1n) is 4.03. The monoisotopic (exact) mass is 179 g/mol. The minimum atomic E-state index is 0. The molecule has 1 rings (SSSR count). The van der Waals surface area contributed by atoms with Crippen LogP contribution in [-0.2, 0) is 4.74 Å². The lowest BCUT2D eigenvalue weighted by Crippen LogP contribution is -2.24. The average molecular weight is 180 g/mol. The third-order valence-electron chi connectivity index (χ3n) is 1.94. The summed E-state index contributed by atoms with van der Waals surface area (Å²) < 4.78 is 5.38. The maximum Gasteiger partial charge on any atom is 0.0518 e. The molecule has 3 heteroatoms. The number of hydrogen-bond donors (Lipinski definition) is 1. The Morgan fingerprint density at radius 1 is 1.45 bits per heavy atom. The fourth-order valence-corrected chi connectivity index (χ4v) is 0.908. The molecule has 2 N–H and O–H groups in total. The summed E-state index contributed by atoms with van der Waals surface area (Å²) >= 11 is 0. The van der Waals surface area contributed by atoms with E-state index in [1.54, 1.807) is 0 Å². The summed E-state index contributed by atoms with van der Waals surface area (Å²) in [4.78, 5) is 0. The Balaban J connectivity index is 0.000001000. The average Bonchev–Trinajstić information content (AvgIpc) is 2.47. The molecule has 0 aromatic carbocycles. The normalized spacial score (nSPS) is 19.6. The summed E-state index contributed by atoms with van der Waals surface area (Å²) in [5.41, 5.74) is 6.01. The van der Waals surface area contributed by atoms with Crippen LogP contribution in [0.15, 0.2) is 0 Å². The number of nitrogens with two attached hydrogens (primary N) is 1. The van der Waals surface area contributed by atoms with E-state index in [1.165, 1.54) is 12.8 Å². The van der Waals surface area contributed by atoms with Crippen LogP contribution in [0.1, 0.15) is 33.1 Å². The largest absolute Gasteiger partial charge is 0.379 e. The molecule has 0 amide bonds. The van der Waals surface area contributed by atoms with Gasteiger partial charge in [-0.1, -0.05) is 0 Å². The van der Waals surface area contributed by atoms with Crippen molar-refractivity contribution in [2.24, 2.45) is 5.73 Å². The highest BCUT2D eigenvalue weighted by Gasteiger charge is 2.37. The maximum atomic E-state index is 5.85. The predicted molar refractivity (Wildman–Crippen MR) is 49.1 cm³/mol. The summed E-state index contributed by atoms with van der Waals surface area (Å²) in [5, 5.41) is 0.